The summed E-state index contributed by atoms with van der Waals surface area (Å²) in [7, 11) is 0. The molecule has 0 aliphatic carbocycles. The van der Waals surface area contributed by atoms with Gasteiger partial charge in [-0.25, -0.2) is 9.18 Å². The van der Waals surface area contributed by atoms with E-state index in [1.165, 1.54) is 0 Å². The molecule has 2 heterocycles. The number of H-pyrrole nitrogens is 1. The van der Waals surface area contributed by atoms with Crippen LogP contribution in [-0.2, 0) is 11.4 Å². The van der Waals surface area contributed by atoms with Gasteiger partial charge in [-0.05, 0) is 0 Å². The molecule has 4 atom stereocenters. The lowest BCUT2D eigenvalue weighted by atomic mass is 10.1. The molecule has 112 valence electrons. The first-order valence-corrected chi connectivity index (χ1v) is 5.64. The van der Waals surface area contributed by atoms with Crippen molar-refractivity contribution in [3.8, 4) is 0 Å². The second kappa shape index (κ2) is 5.40. The summed E-state index contributed by atoms with van der Waals surface area (Å²) in [6.07, 6.45) is -6.07. The largest absolute Gasteiger partial charge is 0.394 e. The Balaban J connectivity index is 2.57. The number of hydrogen-bond donors (Lipinski definition) is 4. The molecule has 0 amide bonds. The van der Waals surface area contributed by atoms with Gasteiger partial charge < -0.3 is 20.1 Å². The Morgan fingerprint density at radius 1 is 1.30 bits per heavy atom. The van der Waals surface area contributed by atoms with Gasteiger partial charge in [0.25, 0.3) is 5.56 Å². The van der Waals surface area contributed by atoms with Crippen LogP contribution in [0.3, 0.4) is 0 Å². The summed E-state index contributed by atoms with van der Waals surface area (Å²) in [4.78, 5) is 24.3. The third-order valence-corrected chi connectivity index (χ3v) is 3.08. The molecule has 20 heavy (non-hydrogen) atoms. The Morgan fingerprint density at radius 3 is 2.45 bits per heavy atom. The summed E-state index contributed by atoms with van der Waals surface area (Å²) in [6, 6.07) is 0. The second-order valence-corrected chi connectivity index (χ2v) is 4.25. The van der Waals surface area contributed by atoms with E-state index in [0.717, 1.165) is 0 Å². The number of nitrogens with one attached hydrogen (secondary N) is 1. The molecule has 4 N–H and O–H groups in total. The van der Waals surface area contributed by atoms with Crippen LogP contribution in [0.2, 0.25) is 0 Å². The molecule has 1 aliphatic heterocycles. The molecule has 1 saturated heterocycles. The van der Waals surface area contributed by atoms with Gasteiger partial charge in [0.15, 0.2) is 6.23 Å². The quantitative estimate of drug-likeness (QED) is 0.499. The molecular weight excluding hydrogens is 282 g/mol. The molecule has 0 spiro atoms. The minimum Gasteiger partial charge on any atom is -0.394 e. The monoisotopic (exact) mass is 294 g/mol. The Morgan fingerprint density at radius 2 is 1.95 bits per heavy atom. The number of nitrogens with zero attached hydrogens (tertiary/aromatic N) is 1. The summed E-state index contributed by atoms with van der Waals surface area (Å²) in [6.45, 7) is -2.16. The summed E-state index contributed by atoms with van der Waals surface area (Å²) in [5, 5.41) is 28.2. The molecule has 1 fully saturated rings. The number of ether oxygens (including phenoxy) is 1. The Kier molecular flexibility index (Phi) is 3.99. The van der Waals surface area contributed by atoms with Gasteiger partial charge in [0, 0.05) is 0 Å². The Labute approximate surface area is 109 Å². The van der Waals surface area contributed by atoms with Crippen molar-refractivity contribution in [1.29, 1.82) is 0 Å². The SMILES string of the molecule is O=c1[nH]c(=O)n(C2OC(CO)C(O)C2O)c(CF)c1F. The molecule has 8 nitrogen and oxygen atoms in total. The van der Waals surface area contributed by atoms with Gasteiger partial charge in [-0.3, -0.25) is 14.3 Å². The Hall–Kier alpha value is -1.62. The smallest absolute Gasteiger partial charge is 0.331 e. The lowest BCUT2D eigenvalue weighted by molar-refractivity contribution is -0.0573. The van der Waals surface area contributed by atoms with Crippen molar-refractivity contribution in [2.45, 2.75) is 31.2 Å². The zero-order valence-electron chi connectivity index (χ0n) is 9.99. The van der Waals surface area contributed by atoms with E-state index >= 15 is 0 Å². The van der Waals surface area contributed by atoms with Crippen molar-refractivity contribution in [3.63, 3.8) is 0 Å². The van der Waals surface area contributed by atoms with Crippen molar-refractivity contribution in [2.75, 3.05) is 6.61 Å². The fourth-order valence-corrected chi connectivity index (χ4v) is 2.06. The van der Waals surface area contributed by atoms with E-state index in [2.05, 4.69) is 0 Å². The lowest BCUT2D eigenvalue weighted by Crippen LogP contribution is -2.41. The summed E-state index contributed by atoms with van der Waals surface area (Å²) < 4.78 is 31.7. The van der Waals surface area contributed by atoms with Crippen molar-refractivity contribution in [2.24, 2.45) is 0 Å². The van der Waals surface area contributed by atoms with Gasteiger partial charge in [-0.15, -0.1) is 0 Å². The van der Waals surface area contributed by atoms with Gasteiger partial charge in [0.05, 0.1) is 12.3 Å². The van der Waals surface area contributed by atoms with Crippen molar-refractivity contribution in [1.82, 2.24) is 9.55 Å². The normalized spacial score (nSPS) is 29.9. The van der Waals surface area contributed by atoms with Crippen molar-refractivity contribution in [3.05, 3.63) is 32.3 Å². The summed E-state index contributed by atoms with van der Waals surface area (Å²) >= 11 is 0. The number of aliphatic hydroxyl groups excluding tert-OH is 3. The summed E-state index contributed by atoms with van der Waals surface area (Å²) in [5.74, 6) is -1.52. The van der Waals surface area contributed by atoms with E-state index < -0.39 is 60.6 Å². The molecule has 1 aromatic rings. The number of halogens is 2. The van der Waals surface area contributed by atoms with Crippen LogP contribution < -0.4 is 11.2 Å². The second-order valence-electron chi connectivity index (χ2n) is 4.25. The van der Waals surface area contributed by atoms with Crippen LogP contribution in [0.1, 0.15) is 11.9 Å². The highest BCUT2D eigenvalue weighted by molar-refractivity contribution is 5.06. The standard InChI is InChI=1S/C10H12F2N2O6/c11-1-3-5(12)8(18)13-10(19)14(3)9-7(17)6(16)4(2-15)20-9/h4,6-7,9,15-17H,1-2H2,(H,13,18,19). The molecule has 0 radical (unpaired) electrons. The number of aromatic amines is 1. The van der Waals surface area contributed by atoms with Crippen LogP contribution in [0, 0.1) is 5.82 Å². The maximum Gasteiger partial charge on any atom is 0.331 e. The molecular formula is C10H12F2N2O6. The van der Waals surface area contributed by atoms with Crippen molar-refractivity contribution < 1.29 is 28.8 Å². The predicted molar refractivity (Wildman–Crippen MR) is 59.1 cm³/mol. The fourth-order valence-electron chi connectivity index (χ4n) is 2.06. The van der Waals surface area contributed by atoms with E-state index in [-0.39, 0.29) is 0 Å². The third-order valence-electron chi connectivity index (χ3n) is 3.08. The molecule has 0 bridgehead atoms. The Bertz CT molecular complexity index is 615. The highest BCUT2D eigenvalue weighted by Crippen LogP contribution is 2.29. The van der Waals surface area contributed by atoms with E-state index in [0.29, 0.717) is 4.57 Å². The highest BCUT2D eigenvalue weighted by Gasteiger charge is 2.44. The van der Waals surface area contributed by atoms with Crippen LogP contribution in [0.15, 0.2) is 9.59 Å². The summed E-state index contributed by atoms with van der Waals surface area (Å²) in [5.41, 5.74) is -3.50. The van der Waals surface area contributed by atoms with E-state index in [4.69, 9.17) is 9.84 Å². The van der Waals surface area contributed by atoms with Crippen LogP contribution >= 0.6 is 0 Å². The van der Waals surface area contributed by atoms with Crippen LogP contribution in [-0.4, -0.2) is 49.8 Å². The van der Waals surface area contributed by atoms with E-state index in [1.807, 2.05) is 0 Å². The van der Waals surface area contributed by atoms with Gasteiger partial charge in [-0.2, -0.15) is 4.39 Å². The fraction of sp³-hybridized carbons (Fsp3) is 0.600. The van der Waals surface area contributed by atoms with Gasteiger partial charge in [0.2, 0.25) is 5.82 Å². The first-order chi connectivity index (χ1) is 9.42. The van der Waals surface area contributed by atoms with Gasteiger partial charge in [-0.1, -0.05) is 0 Å². The minimum atomic E-state index is -1.69. The molecule has 0 aromatic carbocycles. The zero-order valence-corrected chi connectivity index (χ0v) is 9.99. The van der Waals surface area contributed by atoms with Gasteiger partial charge >= 0.3 is 5.69 Å². The molecule has 0 saturated carbocycles. The molecule has 2 rings (SSSR count). The maximum atomic E-state index is 13.5. The van der Waals surface area contributed by atoms with Gasteiger partial charge in [0.1, 0.15) is 25.0 Å². The minimum absolute atomic E-state index is 0.375. The first-order valence-electron chi connectivity index (χ1n) is 5.64. The lowest BCUT2D eigenvalue weighted by Gasteiger charge is -2.20. The number of hydrogen-bond acceptors (Lipinski definition) is 6. The highest BCUT2D eigenvalue weighted by atomic mass is 19.1. The van der Waals surface area contributed by atoms with E-state index in [1.54, 1.807) is 4.98 Å². The van der Waals surface area contributed by atoms with Crippen molar-refractivity contribution >= 4 is 0 Å². The molecule has 1 aliphatic rings. The molecule has 1 aromatic heterocycles. The number of alkyl halides is 1. The topological polar surface area (TPSA) is 125 Å². The van der Waals surface area contributed by atoms with Crippen LogP contribution in [0.25, 0.3) is 0 Å². The molecule has 4 unspecified atom stereocenters. The number of aromatic nitrogens is 2. The average molecular weight is 294 g/mol. The number of aliphatic hydroxyl groups is 3. The molecule has 10 heteroatoms. The zero-order chi connectivity index (χ0) is 15.0. The third kappa shape index (κ3) is 2.16. The maximum absolute atomic E-state index is 13.5. The number of rotatable bonds is 3. The predicted octanol–water partition coefficient (Wildman–Crippen LogP) is -2.24. The average Bonchev–Trinajstić information content (AvgIpc) is 2.70. The van der Waals surface area contributed by atoms with Crippen LogP contribution in [0.4, 0.5) is 8.78 Å². The first kappa shape index (κ1) is 14.8. The van der Waals surface area contributed by atoms with E-state index in [9.17, 15) is 28.6 Å². The van der Waals surface area contributed by atoms with Crippen LogP contribution in [0.5, 0.6) is 0 Å².